The monoisotopic (exact) mass is 276 g/mol. The first-order chi connectivity index (χ1) is 9.06. The van der Waals surface area contributed by atoms with E-state index in [0.717, 1.165) is 11.3 Å². The summed E-state index contributed by atoms with van der Waals surface area (Å²) in [6.45, 7) is 2.31. The molecule has 0 saturated carbocycles. The molecule has 0 radical (unpaired) electrons. The number of nitrogens with zero attached hydrogens (tertiary/aromatic N) is 1. The Bertz CT molecular complexity index is 597. The number of aryl methyl sites for hydroxylation is 1. The Morgan fingerprint density at radius 3 is 2.58 bits per heavy atom. The average molecular weight is 277 g/mol. The van der Waals surface area contributed by atoms with Crippen molar-refractivity contribution in [3.8, 4) is 0 Å². The van der Waals surface area contributed by atoms with Crippen molar-refractivity contribution in [3.05, 3.63) is 58.2 Å². The van der Waals surface area contributed by atoms with E-state index in [1.54, 1.807) is 24.3 Å². The zero-order chi connectivity index (χ0) is 13.8. The van der Waals surface area contributed by atoms with Gasteiger partial charge in [-0.15, -0.1) is 0 Å². The number of pyridine rings is 1. The van der Waals surface area contributed by atoms with E-state index in [4.69, 9.17) is 16.7 Å². The number of carboxylic acid groups (broad SMARTS) is 1. The highest BCUT2D eigenvalue weighted by molar-refractivity contribution is 6.30. The smallest absolute Gasteiger partial charge is 0.339 e. The van der Waals surface area contributed by atoms with Crippen LogP contribution in [-0.2, 0) is 6.54 Å². The Morgan fingerprint density at radius 1 is 1.26 bits per heavy atom. The van der Waals surface area contributed by atoms with Crippen molar-refractivity contribution < 1.29 is 9.90 Å². The molecular formula is C14H13ClN2O2. The molecular weight excluding hydrogens is 264 g/mol. The van der Waals surface area contributed by atoms with E-state index in [9.17, 15) is 4.79 Å². The minimum Gasteiger partial charge on any atom is -0.478 e. The number of rotatable bonds is 4. The molecule has 2 N–H and O–H groups in total. The molecule has 0 atom stereocenters. The van der Waals surface area contributed by atoms with Gasteiger partial charge in [-0.05, 0) is 36.8 Å². The summed E-state index contributed by atoms with van der Waals surface area (Å²) in [4.78, 5) is 15.3. The summed E-state index contributed by atoms with van der Waals surface area (Å²) in [5, 5.41) is 12.8. The van der Waals surface area contributed by atoms with Crippen molar-refractivity contribution in [2.45, 2.75) is 13.5 Å². The maximum Gasteiger partial charge on any atom is 0.339 e. The van der Waals surface area contributed by atoms with Gasteiger partial charge in [0.1, 0.15) is 11.4 Å². The second-order valence-electron chi connectivity index (χ2n) is 4.13. The van der Waals surface area contributed by atoms with E-state index in [1.807, 2.05) is 19.1 Å². The summed E-state index contributed by atoms with van der Waals surface area (Å²) in [5.74, 6) is -0.617. The maximum atomic E-state index is 11.1. The van der Waals surface area contributed by atoms with Crippen molar-refractivity contribution in [3.63, 3.8) is 0 Å². The first kappa shape index (κ1) is 13.4. The van der Waals surface area contributed by atoms with Crippen LogP contribution in [0.15, 0.2) is 36.4 Å². The molecule has 5 heteroatoms. The van der Waals surface area contributed by atoms with Crippen LogP contribution in [0.1, 0.15) is 21.6 Å². The number of hydrogen-bond donors (Lipinski definition) is 2. The minimum atomic E-state index is -0.994. The van der Waals surface area contributed by atoms with Gasteiger partial charge in [-0.1, -0.05) is 23.7 Å². The molecule has 0 spiro atoms. The molecule has 0 bridgehead atoms. The molecule has 0 amide bonds. The largest absolute Gasteiger partial charge is 0.478 e. The Hall–Kier alpha value is -2.07. The molecule has 0 aliphatic carbocycles. The van der Waals surface area contributed by atoms with Gasteiger partial charge in [-0.25, -0.2) is 9.78 Å². The van der Waals surface area contributed by atoms with E-state index in [0.29, 0.717) is 17.4 Å². The topological polar surface area (TPSA) is 62.2 Å². The van der Waals surface area contributed by atoms with E-state index in [2.05, 4.69) is 10.3 Å². The van der Waals surface area contributed by atoms with Gasteiger partial charge in [-0.2, -0.15) is 0 Å². The SMILES string of the molecule is Cc1ccc(C(=O)O)c(NCc2ccc(Cl)cc2)n1. The van der Waals surface area contributed by atoms with Crippen LogP contribution in [-0.4, -0.2) is 16.1 Å². The molecule has 2 rings (SSSR count). The van der Waals surface area contributed by atoms with Crippen LogP contribution in [0.2, 0.25) is 5.02 Å². The number of anilines is 1. The van der Waals surface area contributed by atoms with Crippen LogP contribution in [0.4, 0.5) is 5.82 Å². The Kier molecular flexibility index (Phi) is 4.02. The lowest BCUT2D eigenvalue weighted by Crippen LogP contribution is -2.09. The standard InChI is InChI=1S/C14H13ClN2O2/c1-9-2-7-12(14(18)19)13(17-9)16-8-10-3-5-11(15)6-4-10/h2-7H,8H2,1H3,(H,16,17)(H,18,19). The zero-order valence-electron chi connectivity index (χ0n) is 10.4. The molecule has 1 aromatic carbocycles. The Balaban J connectivity index is 2.16. The van der Waals surface area contributed by atoms with Crippen LogP contribution in [0.5, 0.6) is 0 Å². The Morgan fingerprint density at radius 2 is 1.95 bits per heavy atom. The minimum absolute atomic E-state index is 0.166. The third-order valence-corrected chi connectivity index (χ3v) is 2.89. The number of aromatic nitrogens is 1. The Labute approximate surface area is 116 Å². The molecule has 98 valence electrons. The number of hydrogen-bond acceptors (Lipinski definition) is 3. The van der Waals surface area contributed by atoms with Gasteiger partial charge in [0, 0.05) is 17.3 Å². The van der Waals surface area contributed by atoms with Crippen LogP contribution < -0.4 is 5.32 Å². The first-order valence-corrected chi connectivity index (χ1v) is 6.13. The first-order valence-electron chi connectivity index (χ1n) is 5.75. The molecule has 2 aromatic rings. The van der Waals surface area contributed by atoms with Gasteiger partial charge in [0.05, 0.1) is 0 Å². The van der Waals surface area contributed by atoms with Crippen LogP contribution in [0.25, 0.3) is 0 Å². The number of aromatic carboxylic acids is 1. The second-order valence-corrected chi connectivity index (χ2v) is 4.57. The van der Waals surface area contributed by atoms with Crippen molar-refractivity contribution in [2.24, 2.45) is 0 Å². The van der Waals surface area contributed by atoms with Crippen LogP contribution >= 0.6 is 11.6 Å². The van der Waals surface area contributed by atoms with Gasteiger partial charge in [-0.3, -0.25) is 0 Å². The summed E-state index contributed by atoms with van der Waals surface area (Å²) in [7, 11) is 0. The second kappa shape index (κ2) is 5.71. The number of halogens is 1. The molecule has 1 heterocycles. The molecule has 0 saturated heterocycles. The molecule has 0 aliphatic rings. The fraction of sp³-hybridized carbons (Fsp3) is 0.143. The van der Waals surface area contributed by atoms with E-state index in [1.165, 1.54) is 0 Å². The lowest BCUT2D eigenvalue weighted by molar-refractivity contribution is 0.0697. The molecule has 4 nitrogen and oxygen atoms in total. The summed E-state index contributed by atoms with van der Waals surface area (Å²) < 4.78 is 0. The van der Waals surface area contributed by atoms with E-state index < -0.39 is 5.97 Å². The van der Waals surface area contributed by atoms with Crippen molar-refractivity contribution in [1.29, 1.82) is 0 Å². The zero-order valence-corrected chi connectivity index (χ0v) is 11.1. The van der Waals surface area contributed by atoms with Gasteiger partial charge >= 0.3 is 5.97 Å². The highest BCUT2D eigenvalue weighted by Gasteiger charge is 2.11. The summed E-state index contributed by atoms with van der Waals surface area (Å²) in [6.07, 6.45) is 0. The fourth-order valence-corrected chi connectivity index (χ4v) is 1.78. The third-order valence-electron chi connectivity index (χ3n) is 2.64. The lowest BCUT2D eigenvalue weighted by Gasteiger charge is -2.09. The maximum absolute atomic E-state index is 11.1. The number of benzene rings is 1. The molecule has 19 heavy (non-hydrogen) atoms. The fourth-order valence-electron chi connectivity index (χ4n) is 1.65. The van der Waals surface area contributed by atoms with E-state index in [-0.39, 0.29) is 5.56 Å². The van der Waals surface area contributed by atoms with Gasteiger partial charge < -0.3 is 10.4 Å². The summed E-state index contributed by atoms with van der Waals surface area (Å²) >= 11 is 5.81. The van der Waals surface area contributed by atoms with Gasteiger partial charge in [0.25, 0.3) is 0 Å². The molecule has 1 aromatic heterocycles. The number of nitrogens with one attached hydrogen (secondary N) is 1. The predicted molar refractivity (Wildman–Crippen MR) is 74.7 cm³/mol. The van der Waals surface area contributed by atoms with E-state index >= 15 is 0 Å². The van der Waals surface area contributed by atoms with Crippen LogP contribution in [0, 0.1) is 6.92 Å². The highest BCUT2D eigenvalue weighted by Crippen LogP contribution is 2.16. The van der Waals surface area contributed by atoms with Gasteiger partial charge in [0.2, 0.25) is 0 Å². The quantitative estimate of drug-likeness (QED) is 0.899. The van der Waals surface area contributed by atoms with Crippen molar-refractivity contribution in [1.82, 2.24) is 4.98 Å². The van der Waals surface area contributed by atoms with Crippen LogP contribution in [0.3, 0.4) is 0 Å². The van der Waals surface area contributed by atoms with Crippen molar-refractivity contribution >= 4 is 23.4 Å². The molecule has 0 unspecified atom stereocenters. The number of carboxylic acids is 1. The average Bonchev–Trinajstić information content (AvgIpc) is 2.38. The normalized spacial score (nSPS) is 10.2. The summed E-state index contributed by atoms with van der Waals surface area (Å²) in [5.41, 5.74) is 1.94. The number of carbonyl (C=O) groups is 1. The molecule has 0 aliphatic heterocycles. The van der Waals surface area contributed by atoms with Crippen molar-refractivity contribution in [2.75, 3.05) is 5.32 Å². The molecule has 0 fully saturated rings. The summed E-state index contributed by atoms with van der Waals surface area (Å²) in [6, 6.07) is 10.6. The third kappa shape index (κ3) is 3.45. The lowest BCUT2D eigenvalue weighted by atomic mass is 10.2. The highest BCUT2D eigenvalue weighted by atomic mass is 35.5. The predicted octanol–water partition coefficient (Wildman–Crippen LogP) is 3.35. The van der Waals surface area contributed by atoms with Gasteiger partial charge in [0.15, 0.2) is 0 Å².